The van der Waals surface area contributed by atoms with Crippen LogP contribution in [0, 0.1) is 11.8 Å². The molecule has 1 aliphatic heterocycles. The van der Waals surface area contributed by atoms with Gasteiger partial charge in [-0.25, -0.2) is 0 Å². The number of aliphatic carboxylic acids is 1. The molecule has 1 aromatic carbocycles. The Morgan fingerprint density at radius 3 is 2.90 bits per heavy atom. The molecule has 0 bridgehead atoms. The molecule has 1 saturated heterocycles. The molecule has 2 unspecified atom stereocenters. The summed E-state index contributed by atoms with van der Waals surface area (Å²) in [4.78, 5) is 13.3. The van der Waals surface area contributed by atoms with Crippen LogP contribution in [0.4, 0.5) is 0 Å². The van der Waals surface area contributed by atoms with Crippen molar-refractivity contribution in [2.45, 2.75) is 13.3 Å². The molecule has 4 nitrogen and oxygen atoms in total. The molecule has 0 spiro atoms. The van der Waals surface area contributed by atoms with Gasteiger partial charge in [-0.15, -0.1) is 0 Å². The first-order chi connectivity index (χ1) is 9.95. The van der Waals surface area contributed by atoms with Crippen molar-refractivity contribution in [2.24, 2.45) is 11.8 Å². The van der Waals surface area contributed by atoms with Crippen LogP contribution in [0.3, 0.4) is 0 Å². The number of likely N-dealkylation sites (tertiary alicyclic amines) is 1. The Bertz CT molecular complexity index is 510. The lowest BCUT2D eigenvalue weighted by molar-refractivity contribution is -0.144. The van der Waals surface area contributed by atoms with Gasteiger partial charge < -0.3 is 9.84 Å². The first kappa shape index (κ1) is 16.4. The van der Waals surface area contributed by atoms with Crippen LogP contribution >= 0.6 is 23.2 Å². The molecule has 0 aliphatic carbocycles. The van der Waals surface area contributed by atoms with E-state index >= 15 is 0 Å². The van der Waals surface area contributed by atoms with Crippen molar-refractivity contribution in [3.63, 3.8) is 0 Å². The topological polar surface area (TPSA) is 49.8 Å². The first-order valence-corrected chi connectivity index (χ1v) is 7.74. The Hall–Kier alpha value is -0.970. The highest BCUT2D eigenvalue weighted by Gasteiger charge is 2.29. The van der Waals surface area contributed by atoms with Crippen molar-refractivity contribution in [2.75, 3.05) is 26.2 Å². The van der Waals surface area contributed by atoms with Crippen molar-refractivity contribution in [1.82, 2.24) is 4.90 Å². The maximum Gasteiger partial charge on any atom is 0.307 e. The number of piperidine rings is 1. The number of carboxylic acid groups (broad SMARTS) is 1. The summed E-state index contributed by atoms with van der Waals surface area (Å²) in [6, 6.07) is 5.09. The summed E-state index contributed by atoms with van der Waals surface area (Å²) in [5.74, 6) is -0.0625. The second kappa shape index (κ2) is 7.34. The quantitative estimate of drug-likeness (QED) is 0.898. The fraction of sp³-hybridized carbons (Fsp3) is 0.533. The molecule has 2 rings (SSSR count). The van der Waals surface area contributed by atoms with E-state index in [0.29, 0.717) is 41.4 Å². The van der Waals surface area contributed by atoms with Crippen LogP contribution in [-0.4, -0.2) is 42.2 Å². The Morgan fingerprint density at radius 2 is 2.19 bits per heavy atom. The molecule has 0 aromatic heterocycles. The summed E-state index contributed by atoms with van der Waals surface area (Å²) >= 11 is 11.9. The average Bonchev–Trinajstić information content (AvgIpc) is 2.42. The van der Waals surface area contributed by atoms with Gasteiger partial charge in [-0.3, -0.25) is 9.69 Å². The van der Waals surface area contributed by atoms with Crippen LogP contribution < -0.4 is 4.74 Å². The molecular formula is C15H19Cl2NO3. The number of halogens is 2. The van der Waals surface area contributed by atoms with Gasteiger partial charge in [0.1, 0.15) is 12.4 Å². The molecule has 6 heteroatoms. The van der Waals surface area contributed by atoms with Crippen molar-refractivity contribution in [3.05, 3.63) is 28.2 Å². The van der Waals surface area contributed by atoms with E-state index in [1.165, 1.54) is 0 Å². The highest BCUT2D eigenvalue weighted by molar-refractivity contribution is 6.34. The van der Waals surface area contributed by atoms with Crippen LogP contribution in [0.15, 0.2) is 18.2 Å². The van der Waals surface area contributed by atoms with E-state index in [2.05, 4.69) is 11.8 Å². The SMILES string of the molecule is CC1CC(C(=O)O)CN(CCOc2cc(Cl)ccc2Cl)C1. The molecule has 0 amide bonds. The Labute approximate surface area is 134 Å². The van der Waals surface area contributed by atoms with Gasteiger partial charge in [0.25, 0.3) is 0 Å². The molecule has 1 aromatic rings. The maximum absolute atomic E-state index is 11.1. The summed E-state index contributed by atoms with van der Waals surface area (Å²) < 4.78 is 5.65. The molecule has 1 heterocycles. The lowest BCUT2D eigenvalue weighted by atomic mass is 9.90. The van der Waals surface area contributed by atoms with Crippen LogP contribution in [0.2, 0.25) is 10.0 Å². The fourth-order valence-electron chi connectivity index (χ4n) is 2.70. The number of nitrogens with zero attached hydrogens (tertiary/aromatic N) is 1. The van der Waals surface area contributed by atoms with E-state index in [-0.39, 0.29) is 5.92 Å². The van der Waals surface area contributed by atoms with Gasteiger partial charge in [-0.1, -0.05) is 30.1 Å². The number of hydrogen-bond donors (Lipinski definition) is 1. The van der Waals surface area contributed by atoms with Crippen LogP contribution in [0.1, 0.15) is 13.3 Å². The molecule has 2 atom stereocenters. The zero-order valence-electron chi connectivity index (χ0n) is 11.9. The molecule has 1 fully saturated rings. The predicted octanol–water partition coefficient (Wildman–Crippen LogP) is 3.41. The number of ether oxygens (including phenoxy) is 1. The number of benzene rings is 1. The number of rotatable bonds is 5. The van der Waals surface area contributed by atoms with Gasteiger partial charge in [-0.05, 0) is 24.5 Å². The summed E-state index contributed by atoms with van der Waals surface area (Å²) in [5, 5.41) is 10.3. The number of carbonyl (C=O) groups is 1. The van der Waals surface area contributed by atoms with E-state index in [9.17, 15) is 4.79 Å². The summed E-state index contributed by atoms with van der Waals surface area (Å²) in [6.45, 7) is 4.69. The smallest absolute Gasteiger partial charge is 0.307 e. The Morgan fingerprint density at radius 1 is 1.43 bits per heavy atom. The van der Waals surface area contributed by atoms with Crippen molar-refractivity contribution >= 4 is 29.2 Å². The molecule has 0 radical (unpaired) electrons. The lowest BCUT2D eigenvalue weighted by Gasteiger charge is -2.34. The van der Waals surface area contributed by atoms with Gasteiger partial charge >= 0.3 is 5.97 Å². The van der Waals surface area contributed by atoms with E-state index in [1.807, 2.05) is 0 Å². The molecular weight excluding hydrogens is 313 g/mol. The maximum atomic E-state index is 11.1. The van der Waals surface area contributed by atoms with E-state index < -0.39 is 5.97 Å². The minimum atomic E-state index is -0.717. The summed E-state index contributed by atoms with van der Waals surface area (Å²) in [7, 11) is 0. The number of carboxylic acids is 1. The largest absolute Gasteiger partial charge is 0.491 e. The van der Waals surface area contributed by atoms with Crippen LogP contribution in [0.5, 0.6) is 5.75 Å². The number of hydrogen-bond acceptors (Lipinski definition) is 3. The molecule has 21 heavy (non-hydrogen) atoms. The monoisotopic (exact) mass is 331 g/mol. The van der Waals surface area contributed by atoms with E-state index in [0.717, 1.165) is 13.0 Å². The molecule has 1 N–H and O–H groups in total. The van der Waals surface area contributed by atoms with Crippen molar-refractivity contribution < 1.29 is 14.6 Å². The molecule has 1 aliphatic rings. The summed E-state index contributed by atoms with van der Waals surface area (Å²) in [6.07, 6.45) is 0.743. The fourth-order valence-corrected chi connectivity index (χ4v) is 3.03. The third-order valence-corrected chi connectivity index (χ3v) is 4.19. The summed E-state index contributed by atoms with van der Waals surface area (Å²) in [5.41, 5.74) is 0. The minimum absolute atomic E-state index is 0.288. The Balaban J connectivity index is 1.85. The third-order valence-electron chi connectivity index (χ3n) is 3.64. The zero-order chi connectivity index (χ0) is 15.4. The third kappa shape index (κ3) is 4.77. The second-order valence-electron chi connectivity index (χ2n) is 5.56. The second-order valence-corrected chi connectivity index (χ2v) is 6.40. The van der Waals surface area contributed by atoms with Crippen LogP contribution in [0.25, 0.3) is 0 Å². The normalized spacial score (nSPS) is 23.0. The van der Waals surface area contributed by atoms with Gasteiger partial charge in [0.05, 0.1) is 10.9 Å². The Kier molecular flexibility index (Phi) is 5.73. The molecule has 0 saturated carbocycles. The van der Waals surface area contributed by atoms with E-state index in [1.54, 1.807) is 18.2 Å². The van der Waals surface area contributed by atoms with Gasteiger partial charge in [0, 0.05) is 30.7 Å². The average molecular weight is 332 g/mol. The van der Waals surface area contributed by atoms with Gasteiger partial charge in [0.2, 0.25) is 0 Å². The van der Waals surface area contributed by atoms with Crippen LogP contribution in [-0.2, 0) is 4.79 Å². The van der Waals surface area contributed by atoms with Crippen molar-refractivity contribution in [3.8, 4) is 5.75 Å². The highest BCUT2D eigenvalue weighted by atomic mass is 35.5. The minimum Gasteiger partial charge on any atom is -0.491 e. The lowest BCUT2D eigenvalue weighted by Crippen LogP contribution is -2.44. The van der Waals surface area contributed by atoms with E-state index in [4.69, 9.17) is 33.0 Å². The molecule has 116 valence electrons. The van der Waals surface area contributed by atoms with Crippen molar-refractivity contribution in [1.29, 1.82) is 0 Å². The highest BCUT2D eigenvalue weighted by Crippen LogP contribution is 2.28. The van der Waals surface area contributed by atoms with Gasteiger partial charge in [0.15, 0.2) is 0 Å². The predicted molar refractivity (Wildman–Crippen MR) is 83.3 cm³/mol. The standard InChI is InChI=1S/C15H19Cl2NO3/c1-10-6-11(15(19)20)9-18(8-10)4-5-21-14-7-12(16)2-3-13(14)17/h2-3,7,10-11H,4-6,8-9H2,1H3,(H,19,20). The van der Waals surface area contributed by atoms with Gasteiger partial charge in [-0.2, -0.15) is 0 Å². The first-order valence-electron chi connectivity index (χ1n) is 6.98. The zero-order valence-corrected chi connectivity index (χ0v) is 13.4.